The van der Waals surface area contributed by atoms with Crippen molar-refractivity contribution in [2.24, 2.45) is 5.73 Å². The average Bonchev–Trinajstić information content (AvgIpc) is 2.27. The maximum absolute atomic E-state index is 6.47. The zero-order valence-electron chi connectivity index (χ0n) is 11.7. The molecule has 0 aromatic carbocycles. The molecule has 1 saturated carbocycles. The zero-order valence-corrected chi connectivity index (χ0v) is 11.7. The predicted molar refractivity (Wildman–Crippen MR) is 71.6 cm³/mol. The summed E-state index contributed by atoms with van der Waals surface area (Å²) in [5, 5.41) is 0. The Morgan fingerprint density at radius 1 is 1.19 bits per heavy atom. The van der Waals surface area contributed by atoms with Crippen LogP contribution in [0.3, 0.4) is 0 Å². The Morgan fingerprint density at radius 3 is 2.25 bits per heavy atom. The van der Waals surface area contributed by atoms with Gasteiger partial charge in [0.2, 0.25) is 0 Å². The van der Waals surface area contributed by atoms with Crippen LogP contribution >= 0.6 is 0 Å². The van der Waals surface area contributed by atoms with Crippen LogP contribution in [-0.2, 0) is 0 Å². The van der Waals surface area contributed by atoms with E-state index in [1.54, 1.807) is 0 Å². The highest BCUT2D eigenvalue weighted by Crippen LogP contribution is 2.29. The summed E-state index contributed by atoms with van der Waals surface area (Å²) in [6.45, 7) is 8.03. The summed E-state index contributed by atoms with van der Waals surface area (Å²) < 4.78 is 0. The highest BCUT2D eigenvalue weighted by molar-refractivity contribution is 4.89. The number of hydrogen-bond donors (Lipinski definition) is 1. The Hall–Kier alpha value is -0.0800. The molecule has 0 saturated heterocycles. The topological polar surface area (TPSA) is 29.3 Å². The first-order chi connectivity index (χ1) is 7.40. The van der Waals surface area contributed by atoms with Gasteiger partial charge in [-0.2, -0.15) is 0 Å². The van der Waals surface area contributed by atoms with Crippen LogP contribution in [0.5, 0.6) is 0 Å². The van der Waals surface area contributed by atoms with E-state index >= 15 is 0 Å². The van der Waals surface area contributed by atoms with E-state index in [0.717, 1.165) is 13.0 Å². The van der Waals surface area contributed by atoms with Crippen molar-refractivity contribution in [2.45, 2.75) is 76.8 Å². The van der Waals surface area contributed by atoms with Crippen molar-refractivity contribution < 1.29 is 0 Å². The van der Waals surface area contributed by atoms with Gasteiger partial charge in [0.15, 0.2) is 0 Å². The molecule has 0 heterocycles. The third-order valence-electron chi connectivity index (χ3n) is 4.69. The van der Waals surface area contributed by atoms with E-state index in [-0.39, 0.29) is 5.54 Å². The van der Waals surface area contributed by atoms with Crippen LogP contribution < -0.4 is 5.73 Å². The molecule has 1 aliphatic rings. The monoisotopic (exact) mass is 226 g/mol. The van der Waals surface area contributed by atoms with Gasteiger partial charge in [-0.25, -0.2) is 0 Å². The summed E-state index contributed by atoms with van der Waals surface area (Å²) in [5.74, 6) is 0. The molecule has 0 amide bonds. The minimum Gasteiger partial charge on any atom is -0.325 e. The molecule has 0 atom stereocenters. The molecule has 2 nitrogen and oxygen atoms in total. The van der Waals surface area contributed by atoms with Crippen LogP contribution in [0.15, 0.2) is 0 Å². The number of rotatable bonds is 5. The van der Waals surface area contributed by atoms with Crippen molar-refractivity contribution in [2.75, 3.05) is 13.6 Å². The van der Waals surface area contributed by atoms with Gasteiger partial charge in [-0.05, 0) is 46.6 Å². The molecule has 1 fully saturated rings. The zero-order chi connectivity index (χ0) is 12.2. The smallest absolute Gasteiger partial charge is 0.0166 e. The first-order valence-corrected chi connectivity index (χ1v) is 6.90. The molecule has 0 spiro atoms. The van der Waals surface area contributed by atoms with Crippen LogP contribution in [0, 0.1) is 0 Å². The lowest BCUT2D eigenvalue weighted by Crippen LogP contribution is -2.47. The van der Waals surface area contributed by atoms with Gasteiger partial charge in [0.25, 0.3) is 0 Å². The molecule has 2 heteroatoms. The molecule has 2 N–H and O–H groups in total. The normalized spacial score (nSPS) is 21.4. The second-order valence-electron chi connectivity index (χ2n) is 6.26. The van der Waals surface area contributed by atoms with Crippen LogP contribution in [0.4, 0.5) is 0 Å². The molecule has 1 aliphatic carbocycles. The summed E-state index contributed by atoms with van der Waals surface area (Å²) in [4.78, 5) is 2.47. The Bertz CT molecular complexity index is 205. The molecular weight excluding hydrogens is 196 g/mol. The quantitative estimate of drug-likeness (QED) is 0.780. The Kier molecular flexibility index (Phi) is 4.81. The standard InChI is InChI=1S/C14H30N2/c1-5-13(2,3)16(4)12-11-14(15)9-7-6-8-10-14/h5-12,15H2,1-4H3. The molecule has 0 unspecified atom stereocenters. The summed E-state index contributed by atoms with van der Waals surface area (Å²) >= 11 is 0. The van der Waals surface area contributed by atoms with Gasteiger partial charge in [-0.15, -0.1) is 0 Å². The fraction of sp³-hybridized carbons (Fsp3) is 1.00. The minimum atomic E-state index is 0.135. The van der Waals surface area contributed by atoms with Gasteiger partial charge in [0, 0.05) is 17.6 Å². The summed E-state index contributed by atoms with van der Waals surface area (Å²) in [5.41, 5.74) is 6.91. The van der Waals surface area contributed by atoms with Gasteiger partial charge in [-0.3, -0.25) is 0 Å². The minimum absolute atomic E-state index is 0.135. The van der Waals surface area contributed by atoms with Crippen LogP contribution in [0.1, 0.15) is 65.7 Å². The second kappa shape index (κ2) is 5.50. The second-order valence-corrected chi connectivity index (χ2v) is 6.26. The SMILES string of the molecule is CCC(C)(C)N(C)CCC1(N)CCCCC1. The van der Waals surface area contributed by atoms with E-state index in [1.165, 1.54) is 38.5 Å². The highest BCUT2D eigenvalue weighted by Gasteiger charge is 2.29. The van der Waals surface area contributed by atoms with Crippen LogP contribution in [0.2, 0.25) is 0 Å². The molecule has 1 rings (SSSR count). The third kappa shape index (κ3) is 3.74. The average molecular weight is 226 g/mol. The van der Waals surface area contributed by atoms with E-state index in [2.05, 4.69) is 32.7 Å². The van der Waals surface area contributed by atoms with Gasteiger partial charge in [-0.1, -0.05) is 26.2 Å². The van der Waals surface area contributed by atoms with Gasteiger partial charge >= 0.3 is 0 Å². The first-order valence-electron chi connectivity index (χ1n) is 6.90. The van der Waals surface area contributed by atoms with E-state index in [9.17, 15) is 0 Å². The predicted octanol–water partition coefficient (Wildman–Crippen LogP) is 3.16. The maximum Gasteiger partial charge on any atom is 0.0166 e. The largest absolute Gasteiger partial charge is 0.325 e. The van der Waals surface area contributed by atoms with E-state index < -0.39 is 0 Å². The van der Waals surface area contributed by atoms with Crippen molar-refractivity contribution >= 4 is 0 Å². The molecule has 96 valence electrons. The maximum atomic E-state index is 6.47. The van der Waals surface area contributed by atoms with Crippen LogP contribution in [-0.4, -0.2) is 29.6 Å². The molecular formula is C14H30N2. The summed E-state index contributed by atoms with van der Waals surface area (Å²) in [6, 6.07) is 0. The Morgan fingerprint density at radius 2 is 1.75 bits per heavy atom. The molecule has 0 aromatic heterocycles. The van der Waals surface area contributed by atoms with E-state index in [4.69, 9.17) is 5.73 Å². The molecule has 0 radical (unpaired) electrons. The van der Waals surface area contributed by atoms with Gasteiger partial charge < -0.3 is 10.6 Å². The lowest BCUT2D eigenvalue weighted by Gasteiger charge is -2.39. The van der Waals surface area contributed by atoms with Crippen molar-refractivity contribution in [3.8, 4) is 0 Å². The molecule has 0 bridgehead atoms. The van der Waals surface area contributed by atoms with Gasteiger partial charge in [0.05, 0.1) is 0 Å². The Balaban J connectivity index is 2.38. The molecule has 16 heavy (non-hydrogen) atoms. The summed E-state index contributed by atoms with van der Waals surface area (Å²) in [6.07, 6.45) is 8.86. The fourth-order valence-corrected chi connectivity index (χ4v) is 2.47. The summed E-state index contributed by atoms with van der Waals surface area (Å²) in [7, 11) is 2.23. The number of hydrogen-bond acceptors (Lipinski definition) is 2. The van der Waals surface area contributed by atoms with Gasteiger partial charge in [0.1, 0.15) is 0 Å². The van der Waals surface area contributed by atoms with Crippen molar-refractivity contribution in [3.63, 3.8) is 0 Å². The molecule has 0 aliphatic heterocycles. The number of nitrogens with zero attached hydrogens (tertiary/aromatic N) is 1. The first kappa shape index (κ1) is 14.0. The lowest BCUT2D eigenvalue weighted by atomic mass is 9.80. The van der Waals surface area contributed by atoms with Crippen LogP contribution in [0.25, 0.3) is 0 Å². The van der Waals surface area contributed by atoms with Crippen molar-refractivity contribution in [1.82, 2.24) is 4.90 Å². The number of nitrogens with two attached hydrogens (primary N) is 1. The fourth-order valence-electron chi connectivity index (χ4n) is 2.47. The van der Waals surface area contributed by atoms with E-state index in [0.29, 0.717) is 5.54 Å². The van der Waals surface area contributed by atoms with Crippen molar-refractivity contribution in [1.29, 1.82) is 0 Å². The molecule has 0 aromatic rings. The highest BCUT2D eigenvalue weighted by atomic mass is 15.2. The lowest BCUT2D eigenvalue weighted by molar-refractivity contribution is 0.129. The third-order valence-corrected chi connectivity index (χ3v) is 4.69. The Labute approximate surface area is 102 Å². The van der Waals surface area contributed by atoms with E-state index in [1.807, 2.05) is 0 Å². The van der Waals surface area contributed by atoms with Crippen molar-refractivity contribution in [3.05, 3.63) is 0 Å².